The Balaban J connectivity index is 1.84. The zero-order valence-corrected chi connectivity index (χ0v) is 10.1. The first-order valence-corrected chi connectivity index (χ1v) is 6.69. The third kappa shape index (κ3) is 1.19. The maximum absolute atomic E-state index is 6.27. The van der Waals surface area contributed by atoms with Gasteiger partial charge in [0.25, 0.3) is 0 Å². The lowest BCUT2D eigenvalue weighted by molar-refractivity contribution is -0.0144. The van der Waals surface area contributed by atoms with Crippen LogP contribution in [0.5, 0.6) is 0 Å². The molecule has 1 aliphatic heterocycles. The number of hydrogen-bond acceptors (Lipinski definition) is 2. The molecule has 3 aliphatic rings. The molecule has 0 N–H and O–H groups in total. The molecule has 88 valence electrons. The lowest BCUT2D eigenvalue weighted by atomic mass is 9.77. The predicted molar refractivity (Wildman–Crippen MR) is 66.5 cm³/mol. The summed E-state index contributed by atoms with van der Waals surface area (Å²) in [4.78, 5) is 0. The van der Waals surface area contributed by atoms with Crippen LogP contribution >= 0.6 is 0 Å². The van der Waals surface area contributed by atoms with Gasteiger partial charge >= 0.3 is 7.12 Å². The van der Waals surface area contributed by atoms with E-state index in [0.29, 0.717) is 17.9 Å². The second-order valence-electron chi connectivity index (χ2n) is 5.67. The maximum Gasteiger partial charge on any atom is 0.454 e. The van der Waals surface area contributed by atoms with Crippen molar-refractivity contribution in [3.63, 3.8) is 0 Å². The van der Waals surface area contributed by atoms with Crippen molar-refractivity contribution < 1.29 is 9.31 Å². The molecular formula is C14H17BO2. The van der Waals surface area contributed by atoms with Crippen molar-refractivity contribution in [3.05, 3.63) is 35.9 Å². The highest BCUT2D eigenvalue weighted by atomic mass is 16.7. The number of hydrogen-bond donors (Lipinski definition) is 0. The lowest BCUT2D eigenvalue weighted by Crippen LogP contribution is -2.42. The highest BCUT2D eigenvalue weighted by Gasteiger charge is 2.65. The van der Waals surface area contributed by atoms with E-state index in [2.05, 4.69) is 30.3 Å². The van der Waals surface area contributed by atoms with E-state index in [1.54, 1.807) is 0 Å². The van der Waals surface area contributed by atoms with Crippen LogP contribution in [0.4, 0.5) is 0 Å². The standard InChI is InChI=1S/C14H17BO2/c1-15-16-13-10-7-8-12(9-10)14(13,17-15)11-5-3-2-4-6-11/h2-6,10,12-13H,7-9H2,1H3/t10?,12?,13-,14+/m1/s1. The molecule has 1 aromatic carbocycles. The monoisotopic (exact) mass is 228 g/mol. The molecule has 2 saturated carbocycles. The number of fused-ring (bicyclic) bond motifs is 5. The first-order valence-electron chi connectivity index (χ1n) is 6.69. The second kappa shape index (κ2) is 3.36. The number of rotatable bonds is 1. The zero-order valence-electron chi connectivity index (χ0n) is 10.1. The van der Waals surface area contributed by atoms with Gasteiger partial charge in [-0.15, -0.1) is 0 Å². The van der Waals surface area contributed by atoms with Crippen molar-refractivity contribution in [1.82, 2.24) is 0 Å². The van der Waals surface area contributed by atoms with Crippen molar-refractivity contribution in [2.75, 3.05) is 0 Å². The van der Waals surface area contributed by atoms with Gasteiger partial charge in [0.05, 0.1) is 6.10 Å². The maximum atomic E-state index is 6.27. The molecule has 1 aromatic rings. The van der Waals surface area contributed by atoms with Crippen LogP contribution in [0.3, 0.4) is 0 Å². The van der Waals surface area contributed by atoms with Crippen LogP contribution in [-0.2, 0) is 14.9 Å². The van der Waals surface area contributed by atoms with Crippen LogP contribution in [0.2, 0.25) is 6.82 Å². The Morgan fingerprint density at radius 1 is 1.24 bits per heavy atom. The Bertz CT molecular complexity index is 435. The second-order valence-corrected chi connectivity index (χ2v) is 5.67. The Hall–Kier alpha value is -0.795. The quantitative estimate of drug-likeness (QED) is 0.688. The fourth-order valence-corrected chi connectivity index (χ4v) is 4.31. The molecule has 0 spiro atoms. The molecule has 4 rings (SSSR count). The first-order chi connectivity index (χ1) is 8.30. The fraction of sp³-hybridized carbons (Fsp3) is 0.571. The Morgan fingerprint density at radius 3 is 2.88 bits per heavy atom. The van der Waals surface area contributed by atoms with Crippen LogP contribution in [0, 0.1) is 11.8 Å². The Labute approximate surface area is 102 Å². The highest BCUT2D eigenvalue weighted by molar-refractivity contribution is 6.43. The topological polar surface area (TPSA) is 18.5 Å². The molecule has 2 unspecified atom stereocenters. The SMILES string of the molecule is CB1O[C@@H]2C3CCC(C3)[C@]2(c2ccccc2)O1. The summed E-state index contributed by atoms with van der Waals surface area (Å²) in [5, 5.41) is 0. The van der Waals surface area contributed by atoms with Crippen LogP contribution in [0.15, 0.2) is 30.3 Å². The van der Waals surface area contributed by atoms with Gasteiger partial charge in [0.15, 0.2) is 0 Å². The third-order valence-electron chi connectivity index (χ3n) is 4.85. The summed E-state index contributed by atoms with van der Waals surface area (Å²) in [6, 6.07) is 10.7. The van der Waals surface area contributed by atoms with E-state index < -0.39 is 0 Å². The summed E-state index contributed by atoms with van der Waals surface area (Å²) >= 11 is 0. The molecule has 3 fully saturated rings. The molecule has 3 heteroatoms. The van der Waals surface area contributed by atoms with E-state index in [9.17, 15) is 0 Å². The molecule has 1 saturated heterocycles. The van der Waals surface area contributed by atoms with Crippen LogP contribution in [0.1, 0.15) is 24.8 Å². The van der Waals surface area contributed by atoms with E-state index >= 15 is 0 Å². The van der Waals surface area contributed by atoms with Gasteiger partial charge < -0.3 is 9.31 Å². The molecule has 1 heterocycles. The first kappa shape index (κ1) is 10.2. The minimum Gasteiger partial charge on any atom is -0.405 e. The minimum atomic E-state index is -0.135. The average molecular weight is 228 g/mol. The molecule has 2 bridgehead atoms. The predicted octanol–water partition coefficient (Wildman–Crippen LogP) is 2.85. The zero-order chi connectivity index (χ0) is 11.5. The number of benzene rings is 1. The lowest BCUT2D eigenvalue weighted by Gasteiger charge is -2.38. The summed E-state index contributed by atoms with van der Waals surface area (Å²) in [6.07, 6.45) is 4.19. The molecule has 4 atom stereocenters. The third-order valence-corrected chi connectivity index (χ3v) is 4.85. The molecule has 2 aliphatic carbocycles. The van der Waals surface area contributed by atoms with Gasteiger partial charge in [0, 0.05) is 0 Å². The molecule has 2 nitrogen and oxygen atoms in total. The molecular weight excluding hydrogens is 211 g/mol. The Kier molecular flexibility index (Phi) is 2.01. The Morgan fingerprint density at radius 2 is 2.06 bits per heavy atom. The van der Waals surface area contributed by atoms with E-state index in [-0.39, 0.29) is 12.7 Å². The minimum absolute atomic E-state index is 0.0522. The van der Waals surface area contributed by atoms with Gasteiger partial charge in [-0.05, 0) is 43.5 Å². The van der Waals surface area contributed by atoms with Crippen molar-refractivity contribution >= 4 is 7.12 Å². The molecule has 0 radical (unpaired) electrons. The van der Waals surface area contributed by atoms with Crippen LogP contribution < -0.4 is 0 Å². The molecule has 17 heavy (non-hydrogen) atoms. The smallest absolute Gasteiger partial charge is 0.405 e. The van der Waals surface area contributed by atoms with Gasteiger partial charge in [-0.25, -0.2) is 0 Å². The largest absolute Gasteiger partial charge is 0.454 e. The highest BCUT2D eigenvalue weighted by Crippen LogP contribution is 2.61. The molecule has 0 amide bonds. The summed E-state index contributed by atoms with van der Waals surface area (Å²) in [5.41, 5.74) is 1.19. The van der Waals surface area contributed by atoms with Gasteiger partial charge in [-0.3, -0.25) is 0 Å². The van der Waals surface area contributed by atoms with Gasteiger partial charge in [0.2, 0.25) is 0 Å². The van der Waals surface area contributed by atoms with Crippen molar-refractivity contribution in [3.8, 4) is 0 Å². The van der Waals surface area contributed by atoms with Gasteiger partial charge in [0.1, 0.15) is 5.60 Å². The van der Waals surface area contributed by atoms with Crippen molar-refractivity contribution in [2.45, 2.75) is 37.8 Å². The summed E-state index contributed by atoms with van der Waals surface area (Å²) in [5.74, 6) is 1.37. The van der Waals surface area contributed by atoms with Crippen molar-refractivity contribution in [1.29, 1.82) is 0 Å². The van der Waals surface area contributed by atoms with E-state index in [1.165, 1.54) is 24.8 Å². The average Bonchev–Trinajstić information content (AvgIpc) is 3.00. The van der Waals surface area contributed by atoms with E-state index in [0.717, 1.165) is 0 Å². The molecule has 0 aromatic heterocycles. The van der Waals surface area contributed by atoms with E-state index in [1.807, 2.05) is 6.82 Å². The summed E-state index contributed by atoms with van der Waals surface area (Å²) in [6.45, 7) is 2.03. The van der Waals surface area contributed by atoms with Gasteiger partial charge in [-0.1, -0.05) is 30.3 Å². The summed E-state index contributed by atoms with van der Waals surface area (Å²) in [7, 11) is -0.0522. The normalized spacial score (nSPS) is 43.1. The van der Waals surface area contributed by atoms with Gasteiger partial charge in [-0.2, -0.15) is 0 Å². The van der Waals surface area contributed by atoms with E-state index in [4.69, 9.17) is 9.31 Å². The van der Waals surface area contributed by atoms with Crippen LogP contribution in [0.25, 0.3) is 0 Å². The van der Waals surface area contributed by atoms with Crippen molar-refractivity contribution in [2.24, 2.45) is 11.8 Å². The fourth-order valence-electron chi connectivity index (χ4n) is 4.31. The summed E-state index contributed by atoms with van der Waals surface area (Å²) < 4.78 is 12.3. The van der Waals surface area contributed by atoms with Crippen LogP contribution in [-0.4, -0.2) is 13.2 Å².